The van der Waals surface area contributed by atoms with Gasteiger partial charge in [0.2, 0.25) is 0 Å². The predicted molar refractivity (Wildman–Crippen MR) is 174 cm³/mol. The van der Waals surface area contributed by atoms with Crippen LogP contribution in [0.15, 0.2) is 121 Å². The molecule has 0 heterocycles. The van der Waals surface area contributed by atoms with Gasteiger partial charge in [-0.05, 0) is 115 Å². The highest BCUT2D eigenvalue weighted by molar-refractivity contribution is 7.94. The summed E-state index contributed by atoms with van der Waals surface area (Å²) in [6.07, 6.45) is 0. The van der Waals surface area contributed by atoms with E-state index in [0.717, 1.165) is 22.9 Å². The molecule has 5 rings (SSSR count). The van der Waals surface area contributed by atoms with Gasteiger partial charge in [-0.2, -0.15) is 28.9 Å². The van der Waals surface area contributed by atoms with Crippen LogP contribution in [-0.4, -0.2) is 24.1 Å². The Morgan fingerprint density at radius 1 is 0.804 bits per heavy atom. The molecule has 0 aromatic heterocycles. The average Bonchev–Trinajstić information content (AvgIpc) is 3.02. The Bertz CT molecular complexity index is 2100. The number of nitrogens with one attached hydrogen (secondary N) is 1. The van der Waals surface area contributed by atoms with Gasteiger partial charge in [0.05, 0.1) is 34.8 Å². The SMILES string of the molecule is Cc1cc(N)ccc1N=Nc1ccc(N=Nc2ccc(C(=O)Nc3ccc4cc(SOOO)cc(S(=O)(=O)O)c4c3)cc2)c(C)c1. The first-order chi connectivity index (χ1) is 22.0. The Labute approximate surface area is 267 Å². The number of azo groups is 2. The van der Waals surface area contributed by atoms with Crippen LogP contribution >= 0.6 is 12.0 Å². The number of amides is 1. The summed E-state index contributed by atoms with van der Waals surface area (Å²) in [5.41, 5.74) is 11.4. The van der Waals surface area contributed by atoms with Crippen LogP contribution in [0.4, 0.5) is 34.1 Å². The lowest BCUT2D eigenvalue weighted by Gasteiger charge is -2.10. The summed E-state index contributed by atoms with van der Waals surface area (Å²) in [4.78, 5) is 12.8. The maximum Gasteiger partial charge on any atom is 0.295 e. The average molecular weight is 659 g/mol. The Balaban J connectivity index is 1.26. The molecule has 46 heavy (non-hydrogen) atoms. The molecule has 13 nitrogen and oxygen atoms in total. The highest BCUT2D eigenvalue weighted by Gasteiger charge is 2.18. The first kappa shape index (κ1) is 32.4. The van der Waals surface area contributed by atoms with Crippen molar-refractivity contribution in [3.63, 3.8) is 0 Å². The van der Waals surface area contributed by atoms with Crippen molar-refractivity contribution >= 4 is 73.0 Å². The lowest BCUT2D eigenvalue weighted by atomic mass is 10.1. The minimum Gasteiger partial charge on any atom is -0.399 e. The van der Waals surface area contributed by atoms with E-state index in [9.17, 15) is 17.8 Å². The number of carbonyl (C=O) groups excluding carboxylic acids is 1. The van der Waals surface area contributed by atoms with Gasteiger partial charge in [0.1, 0.15) is 4.90 Å². The molecule has 0 saturated heterocycles. The smallest absolute Gasteiger partial charge is 0.295 e. The van der Waals surface area contributed by atoms with Crippen molar-refractivity contribution in [2.75, 3.05) is 11.1 Å². The third-order valence-corrected chi connectivity index (χ3v) is 8.11. The molecule has 0 spiro atoms. The zero-order valence-electron chi connectivity index (χ0n) is 24.3. The fourth-order valence-corrected chi connectivity index (χ4v) is 5.66. The number of benzene rings is 5. The van der Waals surface area contributed by atoms with E-state index < -0.39 is 20.9 Å². The summed E-state index contributed by atoms with van der Waals surface area (Å²) in [6.45, 7) is 3.80. The number of hydrogen-bond donors (Lipinski definition) is 4. The zero-order valence-corrected chi connectivity index (χ0v) is 25.9. The summed E-state index contributed by atoms with van der Waals surface area (Å²) in [7, 11) is -4.64. The van der Waals surface area contributed by atoms with Crippen molar-refractivity contribution in [3.8, 4) is 0 Å². The van der Waals surface area contributed by atoms with Crippen LogP contribution in [0.1, 0.15) is 21.5 Å². The van der Waals surface area contributed by atoms with Gasteiger partial charge >= 0.3 is 0 Å². The molecule has 0 aliphatic heterocycles. The molecule has 0 unspecified atom stereocenters. The molecule has 0 saturated carbocycles. The van der Waals surface area contributed by atoms with E-state index in [1.54, 1.807) is 60.7 Å². The van der Waals surface area contributed by atoms with Crippen molar-refractivity contribution in [1.29, 1.82) is 0 Å². The van der Waals surface area contributed by atoms with E-state index in [1.807, 2.05) is 32.0 Å². The van der Waals surface area contributed by atoms with Gasteiger partial charge in [-0.15, -0.1) is 4.33 Å². The van der Waals surface area contributed by atoms with Crippen molar-refractivity contribution in [2.24, 2.45) is 20.5 Å². The monoisotopic (exact) mass is 658 g/mol. The third kappa shape index (κ3) is 7.97. The topological polar surface area (TPSA) is 198 Å². The lowest BCUT2D eigenvalue weighted by molar-refractivity contribution is -0.432. The van der Waals surface area contributed by atoms with Crippen LogP contribution in [0.5, 0.6) is 0 Å². The molecular weight excluding hydrogens is 633 g/mol. The van der Waals surface area contributed by atoms with Crippen LogP contribution in [-0.2, 0) is 19.5 Å². The van der Waals surface area contributed by atoms with Crippen molar-refractivity contribution in [1.82, 2.24) is 0 Å². The normalized spacial score (nSPS) is 11.9. The molecule has 0 fully saturated rings. The largest absolute Gasteiger partial charge is 0.399 e. The van der Waals surface area contributed by atoms with Gasteiger partial charge in [0, 0.05) is 27.2 Å². The van der Waals surface area contributed by atoms with E-state index in [1.165, 1.54) is 6.07 Å². The molecule has 5 aromatic carbocycles. The number of hydrogen-bond acceptors (Lipinski definition) is 12. The van der Waals surface area contributed by atoms with E-state index in [0.29, 0.717) is 51.4 Å². The van der Waals surface area contributed by atoms with E-state index in [2.05, 4.69) is 35.1 Å². The van der Waals surface area contributed by atoms with Gasteiger partial charge in [-0.3, -0.25) is 9.35 Å². The van der Waals surface area contributed by atoms with Crippen LogP contribution in [0.2, 0.25) is 0 Å². The number of fused-ring (bicyclic) bond motifs is 1. The minimum atomic E-state index is -4.64. The number of nitrogen functional groups attached to an aromatic ring is 1. The Hall–Kier alpha value is -5.03. The lowest BCUT2D eigenvalue weighted by Crippen LogP contribution is -2.11. The molecule has 5 aromatic rings. The first-order valence-electron chi connectivity index (χ1n) is 13.4. The molecule has 234 valence electrons. The number of aryl methyl sites for hydroxylation is 2. The van der Waals surface area contributed by atoms with Crippen molar-refractivity contribution in [3.05, 3.63) is 108 Å². The molecule has 0 aliphatic rings. The molecule has 0 aliphatic carbocycles. The van der Waals surface area contributed by atoms with Gasteiger partial charge in [-0.1, -0.05) is 11.1 Å². The fraction of sp³-hybridized carbons (Fsp3) is 0.0645. The summed E-state index contributed by atoms with van der Waals surface area (Å²) >= 11 is 0.542. The quantitative estimate of drug-likeness (QED) is 0.0283. The molecule has 1 amide bonds. The number of nitrogens with two attached hydrogens (primary N) is 1. The zero-order chi connectivity index (χ0) is 32.8. The van der Waals surface area contributed by atoms with Crippen LogP contribution in [0.25, 0.3) is 10.8 Å². The second-order valence-corrected chi connectivity index (χ2v) is 12.1. The standard InChI is InChI=1S/C31H26N6O7S2/c1-18-13-22(32)6-11-28(18)37-35-25-10-12-29(19(2)14-25)36-34-23-7-3-20(4-8-23)31(38)33-24-9-5-21-15-26(45-44-43-39)17-30(27(21)16-24)46(40,41)42/h3-17,39H,32H2,1-2H3,(H,33,38)(H,40,41,42). The van der Waals surface area contributed by atoms with Crippen LogP contribution in [0, 0.1) is 13.8 Å². The highest BCUT2D eigenvalue weighted by Crippen LogP contribution is 2.33. The Morgan fingerprint density at radius 3 is 2.11 bits per heavy atom. The van der Waals surface area contributed by atoms with Gasteiger partial charge in [-0.25, -0.2) is 5.26 Å². The number of carbonyl (C=O) groups is 1. The molecule has 0 radical (unpaired) electrons. The maximum atomic E-state index is 12.9. The first-order valence-corrected chi connectivity index (χ1v) is 15.6. The van der Waals surface area contributed by atoms with E-state index in [4.69, 9.17) is 11.0 Å². The van der Waals surface area contributed by atoms with Crippen molar-refractivity contribution < 1.29 is 32.4 Å². The second kappa shape index (κ2) is 13.9. The van der Waals surface area contributed by atoms with Crippen LogP contribution < -0.4 is 11.1 Å². The Kier molecular flexibility index (Phi) is 9.81. The highest BCUT2D eigenvalue weighted by atomic mass is 32.2. The summed E-state index contributed by atoms with van der Waals surface area (Å²) in [5.74, 6) is -0.452. The molecule has 0 bridgehead atoms. The number of rotatable bonds is 10. The molecule has 15 heteroatoms. The third-order valence-electron chi connectivity index (χ3n) is 6.66. The number of nitrogens with zero attached hydrogens (tertiary/aromatic N) is 4. The molecular formula is C31H26N6O7S2. The van der Waals surface area contributed by atoms with Gasteiger partial charge in [0.15, 0.2) is 0 Å². The summed E-state index contributed by atoms with van der Waals surface area (Å²) in [6, 6.07) is 24.5. The van der Waals surface area contributed by atoms with Crippen LogP contribution in [0.3, 0.4) is 0 Å². The Morgan fingerprint density at radius 2 is 1.46 bits per heavy atom. The van der Waals surface area contributed by atoms with Gasteiger partial charge in [0.25, 0.3) is 16.0 Å². The molecule has 5 N–H and O–H groups in total. The minimum absolute atomic E-state index is 0.161. The fourth-order valence-electron chi connectivity index (χ4n) is 4.40. The molecule has 0 atom stereocenters. The summed E-state index contributed by atoms with van der Waals surface area (Å²) in [5, 5.41) is 32.4. The van der Waals surface area contributed by atoms with Gasteiger partial charge < -0.3 is 11.1 Å². The maximum absolute atomic E-state index is 12.9. The summed E-state index contributed by atoms with van der Waals surface area (Å²) < 4.78 is 38.2. The van der Waals surface area contributed by atoms with Crippen molar-refractivity contribution in [2.45, 2.75) is 23.6 Å². The van der Waals surface area contributed by atoms with E-state index >= 15 is 0 Å². The number of anilines is 2. The predicted octanol–water partition coefficient (Wildman–Crippen LogP) is 8.80. The second-order valence-electron chi connectivity index (χ2n) is 9.98. The van der Waals surface area contributed by atoms with E-state index in [-0.39, 0.29) is 10.3 Å².